The van der Waals surface area contributed by atoms with E-state index in [1.807, 2.05) is 0 Å². The van der Waals surface area contributed by atoms with E-state index in [4.69, 9.17) is 4.74 Å². The van der Waals surface area contributed by atoms with Crippen molar-refractivity contribution >= 4 is 0 Å². The molecule has 5 heteroatoms. The molecule has 0 amide bonds. The monoisotopic (exact) mass is 232 g/mol. The third-order valence-electron chi connectivity index (χ3n) is 2.75. The second-order valence-electron chi connectivity index (χ2n) is 3.85. The van der Waals surface area contributed by atoms with E-state index in [-0.39, 0.29) is 12.5 Å². The summed E-state index contributed by atoms with van der Waals surface area (Å²) in [6, 6.07) is 1.13. The Kier molecular flexibility index (Phi) is 3.16. The van der Waals surface area contributed by atoms with Crippen LogP contribution in [0.4, 0.5) is 13.2 Å². The van der Waals surface area contributed by atoms with Crippen LogP contribution in [0.15, 0.2) is 12.1 Å². The van der Waals surface area contributed by atoms with Crippen LogP contribution in [-0.2, 0) is 4.74 Å². The first-order valence-electron chi connectivity index (χ1n) is 5.00. The minimum Gasteiger partial charge on any atom is -0.388 e. The second-order valence-corrected chi connectivity index (χ2v) is 3.85. The minimum absolute atomic E-state index is 0.261. The minimum atomic E-state index is -1.29. The Balaban J connectivity index is 2.31. The molecule has 1 N–H and O–H groups in total. The third kappa shape index (κ3) is 2.05. The van der Waals surface area contributed by atoms with Crippen LogP contribution in [0.3, 0.4) is 0 Å². The SMILES string of the molecule is OC(c1c(F)cc(F)cc1F)C1CCOC1. The van der Waals surface area contributed by atoms with Gasteiger partial charge in [0.05, 0.1) is 18.3 Å². The highest BCUT2D eigenvalue weighted by Gasteiger charge is 2.29. The first-order chi connectivity index (χ1) is 7.59. The predicted octanol–water partition coefficient (Wildman–Crippen LogP) is 2.17. The molecule has 0 spiro atoms. The molecule has 2 rings (SSSR count). The van der Waals surface area contributed by atoms with Crippen LogP contribution in [-0.4, -0.2) is 18.3 Å². The van der Waals surface area contributed by atoms with E-state index in [1.165, 1.54) is 0 Å². The van der Waals surface area contributed by atoms with Crippen LogP contribution >= 0.6 is 0 Å². The fourth-order valence-corrected chi connectivity index (χ4v) is 1.87. The number of hydrogen-bond acceptors (Lipinski definition) is 2. The number of hydrogen-bond donors (Lipinski definition) is 1. The van der Waals surface area contributed by atoms with Crippen LogP contribution in [0.25, 0.3) is 0 Å². The maximum atomic E-state index is 13.3. The molecule has 1 aromatic rings. The van der Waals surface area contributed by atoms with Crippen LogP contribution in [0, 0.1) is 23.4 Å². The van der Waals surface area contributed by atoms with Gasteiger partial charge in [-0.05, 0) is 6.42 Å². The van der Waals surface area contributed by atoms with Crippen LogP contribution < -0.4 is 0 Å². The van der Waals surface area contributed by atoms with Crippen LogP contribution in [0.2, 0.25) is 0 Å². The van der Waals surface area contributed by atoms with Crippen molar-refractivity contribution in [3.8, 4) is 0 Å². The fraction of sp³-hybridized carbons (Fsp3) is 0.455. The molecular weight excluding hydrogens is 221 g/mol. The predicted molar refractivity (Wildman–Crippen MR) is 50.2 cm³/mol. The lowest BCUT2D eigenvalue weighted by molar-refractivity contribution is 0.0857. The van der Waals surface area contributed by atoms with Crippen molar-refractivity contribution in [3.63, 3.8) is 0 Å². The van der Waals surface area contributed by atoms with E-state index in [1.54, 1.807) is 0 Å². The van der Waals surface area contributed by atoms with E-state index >= 15 is 0 Å². The molecule has 0 saturated carbocycles. The standard InChI is InChI=1S/C11H11F3O2/c12-7-3-8(13)10(9(14)4-7)11(15)6-1-2-16-5-6/h3-4,6,11,15H,1-2,5H2. The van der Waals surface area contributed by atoms with Gasteiger partial charge in [-0.15, -0.1) is 0 Å². The van der Waals surface area contributed by atoms with E-state index in [0.29, 0.717) is 25.2 Å². The van der Waals surface area contributed by atoms with Crippen molar-refractivity contribution in [3.05, 3.63) is 35.1 Å². The summed E-state index contributed by atoms with van der Waals surface area (Å²) in [7, 11) is 0. The molecule has 0 bridgehead atoms. The Hall–Kier alpha value is -1.07. The lowest BCUT2D eigenvalue weighted by atomic mass is 9.94. The van der Waals surface area contributed by atoms with Crippen molar-refractivity contribution in [2.45, 2.75) is 12.5 Å². The van der Waals surface area contributed by atoms with Crippen molar-refractivity contribution in [2.24, 2.45) is 5.92 Å². The van der Waals surface area contributed by atoms with Gasteiger partial charge in [0.2, 0.25) is 0 Å². The first-order valence-corrected chi connectivity index (χ1v) is 5.00. The average Bonchev–Trinajstić information content (AvgIpc) is 2.67. The normalized spacial score (nSPS) is 22.4. The van der Waals surface area contributed by atoms with E-state index in [2.05, 4.69) is 0 Å². The Morgan fingerprint density at radius 2 is 1.88 bits per heavy atom. The second kappa shape index (κ2) is 4.43. The number of aliphatic hydroxyl groups is 1. The zero-order valence-electron chi connectivity index (χ0n) is 8.42. The van der Waals surface area contributed by atoms with Gasteiger partial charge in [-0.25, -0.2) is 13.2 Å². The highest BCUT2D eigenvalue weighted by molar-refractivity contribution is 5.23. The summed E-state index contributed by atoms with van der Waals surface area (Å²) in [5.41, 5.74) is -0.475. The summed E-state index contributed by atoms with van der Waals surface area (Å²) >= 11 is 0. The molecule has 0 radical (unpaired) electrons. The third-order valence-corrected chi connectivity index (χ3v) is 2.75. The first kappa shape index (κ1) is 11.4. The van der Waals surface area contributed by atoms with E-state index < -0.39 is 29.1 Å². The van der Waals surface area contributed by atoms with Gasteiger partial charge in [0.1, 0.15) is 17.5 Å². The van der Waals surface area contributed by atoms with Crippen molar-refractivity contribution in [1.29, 1.82) is 0 Å². The Labute approximate surface area is 90.7 Å². The molecule has 2 unspecified atom stereocenters. The van der Waals surface area contributed by atoms with Gasteiger partial charge >= 0.3 is 0 Å². The van der Waals surface area contributed by atoms with Crippen LogP contribution in [0.1, 0.15) is 18.1 Å². The summed E-state index contributed by atoms with van der Waals surface area (Å²) < 4.78 is 44.4. The Bertz CT molecular complexity index is 366. The number of halogens is 3. The number of aliphatic hydroxyl groups excluding tert-OH is 1. The maximum Gasteiger partial charge on any atom is 0.134 e. The van der Waals surface area contributed by atoms with E-state index in [9.17, 15) is 18.3 Å². The summed E-state index contributed by atoms with van der Waals surface area (Å²) in [4.78, 5) is 0. The van der Waals surface area contributed by atoms with Gasteiger partial charge in [0, 0.05) is 24.7 Å². The fourth-order valence-electron chi connectivity index (χ4n) is 1.87. The van der Waals surface area contributed by atoms with Crippen molar-refractivity contribution in [2.75, 3.05) is 13.2 Å². The van der Waals surface area contributed by atoms with Gasteiger partial charge in [-0.2, -0.15) is 0 Å². The molecule has 0 aromatic heterocycles. The molecular formula is C11H11F3O2. The average molecular weight is 232 g/mol. The molecule has 1 fully saturated rings. The molecule has 0 aliphatic carbocycles. The summed E-state index contributed by atoms with van der Waals surface area (Å²) in [6.07, 6.45) is -0.750. The molecule has 2 nitrogen and oxygen atoms in total. The molecule has 1 aromatic carbocycles. The molecule has 1 heterocycles. The quantitative estimate of drug-likeness (QED) is 0.846. The smallest absolute Gasteiger partial charge is 0.134 e. The topological polar surface area (TPSA) is 29.5 Å². The number of rotatable bonds is 2. The molecule has 2 atom stereocenters. The number of benzene rings is 1. The highest BCUT2D eigenvalue weighted by Crippen LogP contribution is 2.32. The molecule has 1 aliphatic rings. The van der Waals surface area contributed by atoms with Gasteiger partial charge in [0.25, 0.3) is 0 Å². The molecule has 88 valence electrons. The maximum absolute atomic E-state index is 13.3. The lowest BCUT2D eigenvalue weighted by Crippen LogP contribution is -2.16. The summed E-state index contributed by atoms with van der Waals surface area (Å²) in [6.45, 7) is 0.726. The van der Waals surface area contributed by atoms with Gasteiger partial charge in [-0.1, -0.05) is 0 Å². The van der Waals surface area contributed by atoms with Gasteiger partial charge in [0.15, 0.2) is 0 Å². The summed E-state index contributed by atoms with van der Waals surface area (Å²) in [5, 5.41) is 9.79. The largest absolute Gasteiger partial charge is 0.388 e. The zero-order chi connectivity index (χ0) is 11.7. The summed E-state index contributed by atoms with van der Waals surface area (Å²) in [5.74, 6) is -3.45. The Morgan fingerprint density at radius 3 is 2.38 bits per heavy atom. The molecule has 1 saturated heterocycles. The van der Waals surface area contributed by atoms with E-state index in [0.717, 1.165) is 0 Å². The van der Waals surface area contributed by atoms with Crippen molar-refractivity contribution < 1.29 is 23.0 Å². The Morgan fingerprint density at radius 1 is 1.25 bits per heavy atom. The highest BCUT2D eigenvalue weighted by atomic mass is 19.1. The van der Waals surface area contributed by atoms with Gasteiger partial charge in [-0.3, -0.25) is 0 Å². The van der Waals surface area contributed by atoms with Crippen LogP contribution in [0.5, 0.6) is 0 Å². The lowest BCUT2D eigenvalue weighted by Gasteiger charge is -2.18. The zero-order valence-corrected chi connectivity index (χ0v) is 8.42. The van der Waals surface area contributed by atoms with Crippen molar-refractivity contribution in [1.82, 2.24) is 0 Å². The molecule has 1 aliphatic heterocycles. The molecule has 16 heavy (non-hydrogen) atoms. The van der Waals surface area contributed by atoms with Gasteiger partial charge < -0.3 is 9.84 Å². The number of ether oxygens (including phenoxy) is 1.